The van der Waals surface area contributed by atoms with Gasteiger partial charge < -0.3 is 15.4 Å². The van der Waals surface area contributed by atoms with Gasteiger partial charge in [0.1, 0.15) is 11.6 Å². The van der Waals surface area contributed by atoms with Gasteiger partial charge in [-0.25, -0.2) is 4.39 Å². The first kappa shape index (κ1) is 25.9. The average Bonchev–Trinajstić information content (AvgIpc) is 2.81. The molecular formula is C31H33FN2O4. The number of carbonyl (C=O) groups excluding carboxylic acids is 3. The Hall–Kier alpha value is -3.74. The Kier molecular flexibility index (Phi) is 6.49. The molecule has 1 amide bonds. The van der Waals surface area contributed by atoms with Crippen molar-refractivity contribution >= 4 is 23.2 Å². The molecule has 198 valence electrons. The molecule has 0 spiro atoms. The van der Waals surface area contributed by atoms with E-state index in [1.807, 2.05) is 12.1 Å². The zero-order valence-corrected chi connectivity index (χ0v) is 22.2. The lowest BCUT2D eigenvalue weighted by Gasteiger charge is -2.44. The Morgan fingerprint density at radius 3 is 2.00 bits per heavy atom. The molecule has 0 bridgehead atoms. The van der Waals surface area contributed by atoms with Crippen LogP contribution in [0.15, 0.2) is 71.1 Å². The van der Waals surface area contributed by atoms with Crippen molar-refractivity contribution in [3.63, 3.8) is 0 Å². The molecule has 0 saturated heterocycles. The third-order valence-corrected chi connectivity index (χ3v) is 7.45. The summed E-state index contributed by atoms with van der Waals surface area (Å²) in [5.41, 5.74) is 3.85. The van der Waals surface area contributed by atoms with Crippen LogP contribution in [0.2, 0.25) is 0 Å². The minimum absolute atomic E-state index is 0.0723. The van der Waals surface area contributed by atoms with Crippen molar-refractivity contribution in [2.75, 3.05) is 11.9 Å². The highest BCUT2D eigenvalue weighted by Crippen LogP contribution is 2.51. The molecule has 2 aromatic carbocycles. The van der Waals surface area contributed by atoms with E-state index in [1.54, 1.807) is 24.3 Å². The van der Waals surface area contributed by atoms with Crippen LogP contribution < -0.4 is 15.4 Å². The molecule has 0 fully saturated rings. The van der Waals surface area contributed by atoms with Gasteiger partial charge in [-0.2, -0.15) is 0 Å². The number of halogens is 1. The van der Waals surface area contributed by atoms with Gasteiger partial charge in [0.05, 0.1) is 5.69 Å². The third kappa shape index (κ3) is 5.15. The Morgan fingerprint density at radius 2 is 1.45 bits per heavy atom. The first-order valence-electron chi connectivity index (χ1n) is 13.0. The number of benzene rings is 2. The summed E-state index contributed by atoms with van der Waals surface area (Å²) in [6, 6.07) is 13.1. The number of hydrogen-bond donors (Lipinski definition) is 2. The first-order chi connectivity index (χ1) is 17.9. The summed E-state index contributed by atoms with van der Waals surface area (Å²) >= 11 is 0. The van der Waals surface area contributed by atoms with Crippen LogP contribution in [0.4, 0.5) is 10.1 Å². The second-order valence-electron chi connectivity index (χ2n) is 12.1. The highest BCUT2D eigenvalue weighted by atomic mass is 19.1. The normalized spacial score (nSPS) is 20.4. The highest BCUT2D eigenvalue weighted by Gasteiger charge is 2.46. The van der Waals surface area contributed by atoms with Crippen LogP contribution in [-0.4, -0.2) is 24.1 Å². The molecule has 0 saturated carbocycles. The van der Waals surface area contributed by atoms with Gasteiger partial charge in [0, 0.05) is 41.3 Å². The van der Waals surface area contributed by atoms with E-state index in [2.05, 4.69) is 38.3 Å². The summed E-state index contributed by atoms with van der Waals surface area (Å²) in [4.78, 5) is 39.1. The smallest absolute Gasteiger partial charge is 0.262 e. The van der Waals surface area contributed by atoms with Crippen molar-refractivity contribution in [1.82, 2.24) is 5.32 Å². The predicted molar refractivity (Wildman–Crippen MR) is 143 cm³/mol. The maximum absolute atomic E-state index is 13.8. The summed E-state index contributed by atoms with van der Waals surface area (Å²) in [7, 11) is 0. The Bertz CT molecular complexity index is 1330. The molecule has 2 aromatic rings. The van der Waals surface area contributed by atoms with Crippen molar-refractivity contribution in [3.8, 4) is 5.75 Å². The molecule has 0 atom stereocenters. The SMILES string of the molecule is CC1(C)CC(=O)C2=C(C1)NC1=C(C(=O)CC(C)(C)C1)C2c1ccc(OCC(=O)Nc2ccccc2F)cc1. The average molecular weight is 517 g/mol. The Labute approximate surface area is 222 Å². The molecule has 6 nitrogen and oxygen atoms in total. The minimum Gasteiger partial charge on any atom is -0.484 e. The van der Waals surface area contributed by atoms with E-state index in [0.717, 1.165) is 29.8 Å². The molecule has 0 aromatic heterocycles. The van der Waals surface area contributed by atoms with Crippen molar-refractivity contribution in [1.29, 1.82) is 0 Å². The van der Waals surface area contributed by atoms with Crippen LogP contribution in [0.3, 0.4) is 0 Å². The van der Waals surface area contributed by atoms with Gasteiger partial charge in [-0.1, -0.05) is 52.0 Å². The monoisotopic (exact) mass is 516 g/mol. The predicted octanol–water partition coefficient (Wildman–Crippen LogP) is 5.82. The summed E-state index contributed by atoms with van der Waals surface area (Å²) in [6.45, 7) is 8.10. The van der Waals surface area contributed by atoms with Gasteiger partial charge in [0.15, 0.2) is 18.2 Å². The van der Waals surface area contributed by atoms with Crippen molar-refractivity contribution in [2.24, 2.45) is 10.8 Å². The van der Waals surface area contributed by atoms with E-state index < -0.39 is 17.6 Å². The molecule has 2 aliphatic carbocycles. The second-order valence-corrected chi connectivity index (χ2v) is 12.1. The molecule has 5 rings (SSSR count). The zero-order valence-electron chi connectivity index (χ0n) is 22.2. The molecule has 0 radical (unpaired) electrons. The number of ketones is 2. The maximum Gasteiger partial charge on any atom is 0.262 e. The minimum atomic E-state index is -0.518. The number of amides is 1. The Balaban J connectivity index is 1.40. The van der Waals surface area contributed by atoms with Gasteiger partial charge in [-0.15, -0.1) is 0 Å². The van der Waals surface area contributed by atoms with Gasteiger partial charge in [-0.05, 0) is 53.5 Å². The maximum atomic E-state index is 13.8. The van der Waals surface area contributed by atoms with Crippen LogP contribution in [0.25, 0.3) is 0 Å². The number of nitrogens with one attached hydrogen (secondary N) is 2. The second kappa shape index (κ2) is 9.53. The number of allylic oxidation sites excluding steroid dienone is 4. The standard InChI is InChI=1S/C31H33FN2O4/c1-30(2)13-22-28(24(35)15-30)27(29-23(33-22)14-31(3,4)16-25(29)36)18-9-11-19(12-10-18)38-17-26(37)34-21-8-6-5-7-20(21)32/h5-12,27,33H,13-17H2,1-4H3,(H,34,37). The lowest BCUT2D eigenvalue weighted by atomic mass is 9.64. The first-order valence-corrected chi connectivity index (χ1v) is 13.0. The molecular weight excluding hydrogens is 483 g/mol. The van der Waals surface area contributed by atoms with Crippen LogP contribution in [0, 0.1) is 16.6 Å². The number of ether oxygens (including phenoxy) is 1. The number of dihydropyridines is 1. The van der Waals surface area contributed by atoms with Gasteiger partial charge in [-0.3, -0.25) is 14.4 Å². The molecule has 1 aliphatic heterocycles. The van der Waals surface area contributed by atoms with Gasteiger partial charge in [0.25, 0.3) is 5.91 Å². The number of carbonyl (C=O) groups is 3. The molecule has 38 heavy (non-hydrogen) atoms. The largest absolute Gasteiger partial charge is 0.484 e. The fraction of sp³-hybridized carbons (Fsp3) is 0.387. The molecule has 7 heteroatoms. The van der Waals surface area contributed by atoms with E-state index in [9.17, 15) is 18.8 Å². The molecule has 2 N–H and O–H groups in total. The number of para-hydroxylation sites is 1. The summed E-state index contributed by atoms with van der Waals surface area (Å²) < 4.78 is 19.4. The number of rotatable bonds is 5. The van der Waals surface area contributed by atoms with Crippen molar-refractivity contribution in [2.45, 2.75) is 59.3 Å². The lowest BCUT2D eigenvalue weighted by Crippen LogP contribution is -2.42. The number of hydrogen-bond acceptors (Lipinski definition) is 5. The molecule has 0 unspecified atom stereocenters. The molecule has 3 aliphatic rings. The molecule has 1 heterocycles. The summed E-state index contributed by atoms with van der Waals surface area (Å²) in [5, 5.41) is 6.01. The van der Waals surface area contributed by atoms with Crippen LogP contribution >= 0.6 is 0 Å². The summed E-state index contributed by atoms with van der Waals surface area (Å²) in [6.07, 6.45) is 2.36. The topological polar surface area (TPSA) is 84.5 Å². The van der Waals surface area contributed by atoms with Gasteiger partial charge >= 0.3 is 0 Å². The quantitative estimate of drug-likeness (QED) is 0.524. The number of Topliss-reactive ketones (excluding diaryl/α,β-unsaturated/α-hetero) is 2. The van der Waals surface area contributed by atoms with Crippen molar-refractivity contribution < 1.29 is 23.5 Å². The van der Waals surface area contributed by atoms with E-state index in [0.29, 0.717) is 29.7 Å². The lowest BCUT2D eigenvalue weighted by molar-refractivity contribution is -0.119. The fourth-order valence-corrected chi connectivity index (χ4v) is 5.88. The van der Waals surface area contributed by atoms with Crippen LogP contribution in [-0.2, 0) is 14.4 Å². The van der Waals surface area contributed by atoms with Crippen molar-refractivity contribution in [3.05, 3.63) is 82.5 Å². The zero-order chi connectivity index (χ0) is 27.2. The van der Waals surface area contributed by atoms with Crippen LogP contribution in [0.1, 0.15) is 64.9 Å². The fourth-order valence-electron chi connectivity index (χ4n) is 5.88. The van der Waals surface area contributed by atoms with Gasteiger partial charge in [0.2, 0.25) is 0 Å². The van der Waals surface area contributed by atoms with E-state index >= 15 is 0 Å². The van der Waals surface area contributed by atoms with E-state index in [1.165, 1.54) is 12.1 Å². The summed E-state index contributed by atoms with van der Waals surface area (Å²) in [5.74, 6) is -0.816. The third-order valence-electron chi connectivity index (χ3n) is 7.45. The van der Waals surface area contributed by atoms with E-state index in [-0.39, 0.29) is 34.7 Å². The highest BCUT2D eigenvalue weighted by molar-refractivity contribution is 6.06. The van der Waals surface area contributed by atoms with E-state index in [4.69, 9.17) is 4.74 Å². The number of anilines is 1. The Morgan fingerprint density at radius 1 is 0.895 bits per heavy atom. The van der Waals surface area contributed by atoms with Crippen LogP contribution in [0.5, 0.6) is 5.75 Å².